The van der Waals surface area contributed by atoms with E-state index in [4.69, 9.17) is 1.37 Å². The normalized spacial score (nSPS) is 14.7. The molecule has 0 heterocycles. The molecule has 0 spiro atoms. The first-order valence-corrected chi connectivity index (χ1v) is 3.90. The quantitative estimate of drug-likeness (QED) is 0.526. The molecule has 0 saturated heterocycles. The fourth-order valence-electron chi connectivity index (χ4n) is 1.51. The fraction of sp³-hybridized carbons (Fsp3) is 0.182. The summed E-state index contributed by atoms with van der Waals surface area (Å²) in [6, 6.07) is 5.57. The molecule has 1 aliphatic rings. The summed E-state index contributed by atoms with van der Waals surface area (Å²) >= 11 is 0. The van der Waals surface area contributed by atoms with Crippen molar-refractivity contribution in [1.29, 1.82) is 0 Å². The van der Waals surface area contributed by atoms with Gasteiger partial charge in [-0.1, -0.05) is 12.0 Å². The summed E-state index contributed by atoms with van der Waals surface area (Å²) in [6.07, 6.45) is 3.55. The average molecular weight is 158 g/mol. The summed E-state index contributed by atoms with van der Waals surface area (Å²) in [6.45, 7) is 0. The van der Waals surface area contributed by atoms with Gasteiger partial charge in [-0.25, -0.2) is 0 Å². The molecular formula is C11H8O. The highest BCUT2D eigenvalue weighted by atomic mass is 16.1. The number of benzene rings is 1. The van der Waals surface area contributed by atoms with E-state index in [1.54, 1.807) is 6.07 Å². The molecule has 58 valence electrons. The van der Waals surface area contributed by atoms with Crippen LogP contribution >= 0.6 is 0 Å². The van der Waals surface area contributed by atoms with Gasteiger partial charge in [0.05, 0.1) is 0 Å². The van der Waals surface area contributed by atoms with Gasteiger partial charge in [0.25, 0.3) is 0 Å². The molecule has 0 fully saturated rings. The third-order valence-corrected chi connectivity index (χ3v) is 2.18. The van der Waals surface area contributed by atoms with Crippen molar-refractivity contribution in [1.82, 2.24) is 0 Å². The monoisotopic (exact) mass is 158 g/mol. The molecule has 0 radical (unpaired) electrons. The predicted octanol–water partition coefficient (Wildman–Crippen LogP) is 1.80. The summed E-state index contributed by atoms with van der Waals surface area (Å²) < 4.78 is 6.74. The van der Waals surface area contributed by atoms with Crippen molar-refractivity contribution in [2.45, 2.75) is 12.8 Å². The number of ketones is 1. The Balaban J connectivity index is 2.51. The summed E-state index contributed by atoms with van der Waals surface area (Å²) in [4.78, 5) is 11.3. The molecule has 2 rings (SSSR count). The molecule has 0 atom stereocenters. The average Bonchev–Trinajstić information content (AvgIpc) is 2.49. The van der Waals surface area contributed by atoms with E-state index in [9.17, 15) is 4.79 Å². The van der Waals surface area contributed by atoms with Crippen LogP contribution in [-0.4, -0.2) is 5.78 Å². The zero-order chi connectivity index (χ0) is 9.26. The van der Waals surface area contributed by atoms with Crippen LogP contribution in [0.1, 0.15) is 29.3 Å². The predicted molar refractivity (Wildman–Crippen MR) is 47.0 cm³/mol. The smallest absolute Gasteiger partial charge is 0.163 e. The second-order valence-electron chi connectivity index (χ2n) is 2.92. The van der Waals surface area contributed by atoms with Gasteiger partial charge in [-0.05, 0) is 24.1 Å². The van der Waals surface area contributed by atoms with Crippen LogP contribution in [0.15, 0.2) is 18.2 Å². The van der Waals surface area contributed by atoms with Crippen molar-refractivity contribution >= 4 is 5.78 Å². The van der Waals surface area contributed by atoms with Crippen molar-refractivity contribution in [3.63, 3.8) is 0 Å². The molecule has 0 bridgehead atoms. The maximum Gasteiger partial charge on any atom is 0.163 e. The van der Waals surface area contributed by atoms with Crippen LogP contribution in [0, 0.1) is 12.3 Å². The first kappa shape index (κ1) is 6.02. The van der Waals surface area contributed by atoms with Gasteiger partial charge < -0.3 is 0 Å². The van der Waals surface area contributed by atoms with Gasteiger partial charge in [-0.2, -0.15) is 0 Å². The molecule has 0 N–H and O–H groups in total. The van der Waals surface area contributed by atoms with Crippen LogP contribution < -0.4 is 0 Å². The van der Waals surface area contributed by atoms with Crippen molar-refractivity contribution in [2.75, 3.05) is 0 Å². The molecule has 1 aromatic carbocycles. The second-order valence-corrected chi connectivity index (χ2v) is 2.92. The minimum atomic E-state index is 0.198. The molecule has 0 unspecified atom stereocenters. The number of hydrogen-bond acceptors (Lipinski definition) is 1. The Kier molecular flexibility index (Phi) is 1.25. The fourth-order valence-corrected chi connectivity index (χ4v) is 1.51. The number of terminal acetylenes is 1. The maximum atomic E-state index is 11.3. The zero-order valence-electron chi connectivity index (χ0n) is 7.55. The Labute approximate surface area is 72.8 Å². The summed E-state index contributed by atoms with van der Waals surface area (Å²) in [5.41, 5.74) is 2.66. The van der Waals surface area contributed by atoms with E-state index >= 15 is 0 Å². The third kappa shape index (κ3) is 0.931. The summed E-state index contributed by atoms with van der Waals surface area (Å²) in [5.74, 6) is 2.82. The van der Waals surface area contributed by atoms with Crippen LogP contribution in [0.2, 0.25) is 0 Å². The summed E-state index contributed by atoms with van der Waals surface area (Å²) in [7, 11) is 0. The zero-order valence-corrected chi connectivity index (χ0v) is 6.55. The van der Waals surface area contributed by atoms with Crippen molar-refractivity contribution in [3.8, 4) is 12.3 Å². The van der Waals surface area contributed by atoms with Crippen LogP contribution in [0.4, 0.5) is 0 Å². The lowest BCUT2D eigenvalue weighted by atomic mass is 10.1. The lowest BCUT2D eigenvalue weighted by Crippen LogP contribution is -1.91. The van der Waals surface area contributed by atoms with E-state index in [-0.39, 0.29) is 5.78 Å². The molecule has 12 heavy (non-hydrogen) atoms. The number of hydrogen-bond donors (Lipinski definition) is 0. The van der Waals surface area contributed by atoms with Crippen LogP contribution in [0.3, 0.4) is 0 Å². The molecule has 1 heteroatoms. The highest BCUT2D eigenvalue weighted by molar-refractivity contribution is 6.00. The van der Waals surface area contributed by atoms with E-state index in [2.05, 4.69) is 12.3 Å². The number of aryl methyl sites for hydroxylation is 1. The van der Waals surface area contributed by atoms with E-state index in [0.29, 0.717) is 6.42 Å². The number of carbonyl (C=O) groups is 1. The Bertz CT molecular complexity index is 423. The molecule has 0 aliphatic heterocycles. The molecule has 0 amide bonds. The lowest BCUT2D eigenvalue weighted by molar-refractivity contribution is 0.0994. The van der Waals surface area contributed by atoms with Crippen molar-refractivity contribution < 1.29 is 6.17 Å². The molecular weight excluding hydrogens is 148 g/mol. The first-order chi connectivity index (χ1) is 6.31. The van der Waals surface area contributed by atoms with Crippen molar-refractivity contribution in [2.24, 2.45) is 0 Å². The van der Waals surface area contributed by atoms with Gasteiger partial charge in [0.15, 0.2) is 5.78 Å². The highest BCUT2D eigenvalue weighted by Crippen LogP contribution is 2.22. The van der Waals surface area contributed by atoms with Crippen LogP contribution in [0.5, 0.6) is 0 Å². The molecule has 1 aromatic rings. The van der Waals surface area contributed by atoms with Gasteiger partial charge in [0, 0.05) is 17.5 Å². The van der Waals surface area contributed by atoms with Gasteiger partial charge >= 0.3 is 0 Å². The Morgan fingerprint density at radius 3 is 3.25 bits per heavy atom. The summed E-state index contributed by atoms with van der Waals surface area (Å²) in [5, 5.41) is 0. The van der Waals surface area contributed by atoms with Gasteiger partial charge in [-0.3, -0.25) is 4.79 Å². The van der Waals surface area contributed by atoms with E-state index < -0.39 is 0 Å². The standard InChI is InChI=1S/C11H8O/c1-2-8-3-4-9-5-6-11(12)10(9)7-8/h1,3-4,7H,5-6H2/i1T. The topological polar surface area (TPSA) is 17.1 Å². The Hall–Kier alpha value is -1.55. The van der Waals surface area contributed by atoms with Crippen LogP contribution in [0.25, 0.3) is 0 Å². The van der Waals surface area contributed by atoms with Gasteiger partial charge in [0.2, 0.25) is 0 Å². The lowest BCUT2D eigenvalue weighted by Gasteiger charge is -1.96. The Morgan fingerprint density at radius 1 is 1.50 bits per heavy atom. The maximum absolute atomic E-state index is 11.3. The largest absolute Gasteiger partial charge is 0.294 e. The van der Waals surface area contributed by atoms with Crippen molar-refractivity contribution in [3.05, 3.63) is 34.9 Å². The minimum Gasteiger partial charge on any atom is -0.294 e. The highest BCUT2D eigenvalue weighted by Gasteiger charge is 2.18. The van der Waals surface area contributed by atoms with Gasteiger partial charge in [0.1, 0.15) is 1.37 Å². The molecule has 1 aliphatic carbocycles. The van der Waals surface area contributed by atoms with Crippen LogP contribution in [-0.2, 0) is 6.42 Å². The number of fused-ring (bicyclic) bond motifs is 1. The van der Waals surface area contributed by atoms with E-state index in [1.807, 2.05) is 12.1 Å². The third-order valence-electron chi connectivity index (χ3n) is 2.18. The molecule has 0 aromatic heterocycles. The molecule has 1 nitrogen and oxygen atoms in total. The van der Waals surface area contributed by atoms with E-state index in [1.165, 1.54) is 0 Å². The van der Waals surface area contributed by atoms with Gasteiger partial charge in [-0.15, -0.1) is 6.40 Å². The number of Topliss-reactive ketones (excluding diaryl/α,β-unsaturated/α-hetero) is 1. The number of rotatable bonds is 0. The minimum absolute atomic E-state index is 0.198. The number of carbonyl (C=O) groups excluding carboxylic acids is 1. The molecule has 0 saturated carbocycles. The Morgan fingerprint density at radius 2 is 2.42 bits per heavy atom. The van der Waals surface area contributed by atoms with E-state index in [0.717, 1.165) is 23.1 Å². The first-order valence-electron chi connectivity index (χ1n) is 4.40. The SMILES string of the molecule is [3H]C#Cc1ccc2c(c1)C(=O)CC2. The second kappa shape index (κ2) is 2.49.